The Morgan fingerprint density at radius 2 is 1.90 bits per heavy atom. The minimum Gasteiger partial charge on any atom is -0.390 e. The second-order valence-electron chi connectivity index (χ2n) is 9.93. The number of carbonyl (C=O) groups excluding carboxylic acids is 2. The number of hydrogen-bond acceptors (Lipinski definition) is 5. The van der Waals surface area contributed by atoms with Gasteiger partial charge in [0.05, 0.1) is 6.10 Å². The van der Waals surface area contributed by atoms with Crippen molar-refractivity contribution < 1.29 is 38.1 Å². The van der Waals surface area contributed by atoms with E-state index in [9.17, 15) is 29.3 Å². The van der Waals surface area contributed by atoms with E-state index in [0.29, 0.717) is 0 Å². The third kappa shape index (κ3) is 2.15. The number of alkyl halides is 2. The van der Waals surface area contributed by atoms with Crippen LogP contribution in [0.15, 0.2) is 23.6 Å². The van der Waals surface area contributed by atoms with Crippen molar-refractivity contribution in [1.82, 2.24) is 0 Å². The van der Waals surface area contributed by atoms with E-state index in [2.05, 4.69) is 0 Å². The van der Waals surface area contributed by atoms with Gasteiger partial charge in [-0.05, 0) is 44.1 Å². The van der Waals surface area contributed by atoms with Crippen LogP contribution in [0.3, 0.4) is 0 Å². The highest BCUT2D eigenvalue weighted by Crippen LogP contribution is 2.71. The van der Waals surface area contributed by atoms with Gasteiger partial charge < -0.3 is 15.3 Å². The van der Waals surface area contributed by atoms with E-state index in [4.69, 9.17) is 0 Å². The van der Waals surface area contributed by atoms with Crippen LogP contribution in [-0.4, -0.2) is 57.0 Å². The SMILES string of the molecule is C[C@H]1C[C@H]2[C@@H]3C[C@H](F)C4=C(F)C(=O)C=C[C@]4(C)[C@@]3(F)[C@@H](O)C[C@]2(C)[C@@]1(O)C(=O)CO. The number of aliphatic hydroxyl groups is 3. The summed E-state index contributed by atoms with van der Waals surface area (Å²) in [7, 11) is 0. The number of rotatable bonds is 2. The largest absolute Gasteiger partial charge is 0.390 e. The number of aliphatic hydroxyl groups excluding tert-OH is 2. The fourth-order valence-corrected chi connectivity index (χ4v) is 7.35. The van der Waals surface area contributed by atoms with Crippen LogP contribution in [-0.2, 0) is 9.59 Å². The lowest BCUT2D eigenvalue weighted by Gasteiger charge is -2.63. The van der Waals surface area contributed by atoms with Gasteiger partial charge in [-0.3, -0.25) is 9.59 Å². The summed E-state index contributed by atoms with van der Waals surface area (Å²) >= 11 is 0. The molecule has 4 aliphatic rings. The maximum absolute atomic E-state index is 16.9. The second kappa shape index (κ2) is 6.26. The topological polar surface area (TPSA) is 94.8 Å². The molecular weight excluding hydrogens is 401 g/mol. The lowest BCUT2D eigenvalue weighted by molar-refractivity contribution is -0.224. The minimum absolute atomic E-state index is 0.189. The smallest absolute Gasteiger partial charge is 0.213 e. The molecule has 0 radical (unpaired) electrons. The minimum atomic E-state index is -2.49. The molecule has 9 atom stereocenters. The van der Waals surface area contributed by atoms with Gasteiger partial charge in [-0.15, -0.1) is 0 Å². The molecule has 5 nitrogen and oxygen atoms in total. The number of halogens is 3. The fourth-order valence-electron chi connectivity index (χ4n) is 7.35. The molecule has 0 aromatic rings. The van der Waals surface area contributed by atoms with Gasteiger partial charge in [-0.1, -0.05) is 19.9 Å². The van der Waals surface area contributed by atoms with E-state index in [1.807, 2.05) is 0 Å². The zero-order valence-electron chi connectivity index (χ0n) is 17.2. The van der Waals surface area contributed by atoms with Gasteiger partial charge in [0.15, 0.2) is 17.3 Å². The van der Waals surface area contributed by atoms with Crippen LogP contribution in [0.4, 0.5) is 13.2 Å². The zero-order valence-corrected chi connectivity index (χ0v) is 17.2. The Morgan fingerprint density at radius 1 is 1.27 bits per heavy atom. The molecule has 166 valence electrons. The monoisotopic (exact) mass is 428 g/mol. The molecule has 30 heavy (non-hydrogen) atoms. The van der Waals surface area contributed by atoms with Crippen LogP contribution >= 0.6 is 0 Å². The van der Waals surface area contributed by atoms with Gasteiger partial charge in [-0.25, -0.2) is 13.2 Å². The number of carbonyl (C=O) groups is 2. The maximum atomic E-state index is 16.9. The first kappa shape index (κ1) is 21.7. The first-order valence-electron chi connectivity index (χ1n) is 10.3. The molecule has 0 aromatic carbocycles. The summed E-state index contributed by atoms with van der Waals surface area (Å²) in [6.45, 7) is 3.57. The number of fused-ring (bicyclic) bond motifs is 5. The summed E-state index contributed by atoms with van der Waals surface area (Å²) < 4.78 is 46.8. The molecule has 0 aliphatic heterocycles. The summed E-state index contributed by atoms with van der Waals surface area (Å²) in [5, 5.41) is 31.8. The quantitative estimate of drug-likeness (QED) is 0.627. The van der Waals surface area contributed by atoms with Crippen molar-refractivity contribution in [3.63, 3.8) is 0 Å². The van der Waals surface area contributed by atoms with Crippen molar-refractivity contribution in [1.29, 1.82) is 0 Å². The molecule has 0 aromatic heterocycles. The molecule has 0 saturated heterocycles. The highest BCUT2D eigenvalue weighted by molar-refractivity contribution is 6.04. The molecule has 4 aliphatic carbocycles. The van der Waals surface area contributed by atoms with Crippen molar-refractivity contribution >= 4 is 11.6 Å². The van der Waals surface area contributed by atoms with E-state index in [1.54, 1.807) is 13.8 Å². The van der Waals surface area contributed by atoms with Gasteiger partial charge >= 0.3 is 0 Å². The zero-order chi connectivity index (χ0) is 22.4. The van der Waals surface area contributed by atoms with E-state index < -0.39 is 88.1 Å². The van der Waals surface area contributed by atoms with E-state index in [0.717, 1.165) is 12.2 Å². The Bertz CT molecular complexity index is 886. The molecule has 0 heterocycles. The van der Waals surface area contributed by atoms with Crippen molar-refractivity contribution in [2.45, 2.75) is 63.6 Å². The van der Waals surface area contributed by atoms with Gasteiger partial charge in [0.2, 0.25) is 5.78 Å². The summed E-state index contributed by atoms with van der Waals surface area (Å²) in [5.74, 6) is -5.62. The molecule has 3 N–H and O–H groups in total. The van der Waals surface area contributed by atoms with Crippen molar-refractivity contribution in [3.8, 4) is 0 Å². The Labute approximate surface area is 172 Å². The number of hydrogen-bond donors (Lipinski definition) is 3. The molecule has 0 amide bonds. The molecule has 3 fully saturated rings. The maximum Gasteiger partial charge on any atom is 0.213 e. The lowest BCUT2D eigenvalue weighted by atomic mass is 9.44. The fraction of sp³-hybridized carbons (Fsp3) is 0.727. The Hall–Kier alpha value is -1.51. The first-order valence-corrected chi connectivity index (χ1v) is 10.3. The second-order valence-corrected chi connectivity index (χ2v) is 9.93. The van der Waals surface area contributed by atoms with Crippen LogP contribution in [0.2, 0.25) is 0 Å². The van der Waals surface area contributed by atoms with Crippen molar-refractivity contribution in [2.75, 3.05) is 6.61 Å². The van der Waals surface area contributed by atoms with Crippen LogP contribution in [0.5, 0.6) is 0 Å². The van der Waals surface area contributed by atoms with E-state index in [-0.39, 0.29) is 12.8 Å². The van der Waals surface area contributed by atoms with E-state index >= 15 is 8.78 Å². The van der Waals surface area contributed by atoms with Crippen molar-refractivity contribution in [2.24, 2.45) is 28.6 Å². The number of allylic oxidation sites excluding steroid dienone is 4. The summed E-state index contributed by atoms with van der Waals surface area (Å²) in [4.78, 5) is 24.3. The van der Waals surface area contributed by atoms with Crippen LogP contribution < -0.4 is 0 Å². The molecule has 0 spiro atoms. The van der Waals surface area contributed by atoms with Crippen molar-refractivity contribution in [3.05, 3.63) is 23.6 Å². The number of ketones is 2. The Kier molecular flexibility index (Phi) is 4.53. The van der Waals surface area contributed by atoms with Gasteiger partial charge in [0.25, 0.3) is 0 Å². The third-order valence-electron chi connectivity index (χ3n) is 8.86. The summed E-state index contributed by atoms with van der Waals surface area (Å²) in [6.07, 6.45) is -2.27. The van der Waals surface area contributed by atoms with Gasteiger partial charge in [-0.2, -0.15) is 0 Å². The van der Waals surface area contributed by atoms with Crippen LogP contribution in [0.25, 0.3) is 0 Å². The molecule has 0 bridgehead atoms. The highest BCUT2D eigenvalue weighted by Gasteiger charge is 2.76. The first-order chi connectivity index (χ1) is 13.8. The van der Waals surface area contributed by atoms with Crippen LogP contribution in [0, 0.1) is 28.6 Å². The summed E-state index contributed by atoms with van der Waals surface area (Å²) in [5.41, 5.74) is -8.24. The van der Waals surface area contributed by atoms with Crippen LogP contribution in [0.1, 0.15) is 40.0 Å². The number of Topliss-reactive ketones (excluding diaryl/α,β-unsaturated/α-hetero) is 1. The Morgan fingerprint density at radius 3 is 2.50 bits per heavy atom. The Balaban J connectivity index is 1.89. The van der Waals surface area contributed by atoms with Gasteiger partial charge in [0.1, 0.15) is 18.4 Å². The summed E-state index contributed by atoms with van der Waals surface area (Å²) in [6, 6.07) is 0. The molecule has 3 saturated carbocycles. The third-order valence-corrected chi connectivity index (χ3v) is 8.86. The molecule has 4 rings (SSSR count). The van der Waals surface area contributed by atoms with Gasteiger partial charge in [0, 0.05) is 22.3 Å². The molecule has 8 heteroatoms. The molecule has 0 unspecified atom stereocenters. The predicted octanol–water partition coefficient (Wildman–Crippen LogP) is 2.14. The average molecular weight is 428 g/mol. The lowest BCUT2D eigenvalue weighted by Crippen LogP contribution is -2.70. The van der Waals surface area contributed by atoms with E-state index in [1.165, 1.54) is 6.92 Å². The predicted molar refractivity (Wildman–Crippen MR) is 100 cm³/mol. The molecular formula is C22H27F3O5. The average Bonchev–Trinajstić information content (AvgIpc) is 2.88. The normalized spacial score (nSPS) is 52.7. The highest BCUT2D eigenvalue weighted by atomic mass is 19.2. The standard InChI is InChI=1S/C22H27F3O5/c1-10-6-11-12-7-13(23)17-18(24)14(27)4-5-19(17,2)21(12,25)15(28)8-20(11,3)22(10,30)16(29)9-26/h4-5,10-13,15,26,28,30H,6-9H2,1-3H3/t10-,11-,12-,13-,15-,19-,20-,21-,22-/m0/s1.